The maximum Gasteiger partial charge on any atom is 0.264 e. The second-order valence-electron chi connectivity index (χ2n) is 9.84. The molecule has 0 saturated heterocycles. The Bertz CT molecular complexity index is 1700. The quantitative estimate of drug-likeness (QED) is 0.198. The van der Waals surface area contributed by atoms with E-state index in [0.717, 1.165) is 9.87 Å². The minimum atomic E-state index is -4.23. The van der Waals surface area contributed by atoms with Crippen LogP contribution in [-0.4, -0.2) is 44.8 Å². The van der Waals surface area contributed by atoms with E-state index in [1.807, 2.05) is 30.3 Å². The Balaban J connectivity index is 1.81. The predicted octanol–water partition coefficient (Wildman–Crippen LogP) is 6.54. The molecule has 0 spiro atoms. The van der Waals surface area contributed by atoms with Gasteiger partial charge in [-0.25, -0.2) is 8.42 Å². The summed E-state index contributed by atoms with van der Waals surface area (Å²) in [5.74, 6) is -0.989. The zero-order valence-corrected chi connectivity index (χ0v) is 26.6. The summed E-state index contributed by atoms with van der Waals surface area (Å²) in [4.78, 5) is 29.0. The van der Waals surface area contributed by atoms with Crippen LogP contribution in [0.2, 0.25) is 15.1 Å². The number of para-hydroxylation sites is 1. The zero-order valence-electron chi connectivity index (χ0n) is 23.5. The van der Waals surface area contributed by atoms with Crippen LogP contribution < -0.4 is 9.62 Å². The van der Waals surface area contributed by atoms with E-state index in [9.17, 15) is 18.0 Å². The Morgan fingerprint density at radius 2 is 1.47 bits per heavy atom. The van der Waals surface area contributed by atoms with Crippen LogP contribution in [0.25, 0.3) is 0 Å². The number of carbonyl (C=O) groups excluding carboxylic acids is 2. The number of anilines is 1. The summed E-state index contributed by atoms with van der Waals surface area (Å²) in [6.45, 7) is 1.17. The molecule has 0 aliphatic carbocycles. The lowest BCUT2D eigenvalue weighted by Gasteiger charge is -2.34. The molecule has 0 bridgehead atoms. The van der Waals surface area contributed by atoms with Gasteiger partial charge in [0, 0.05) is 25.0 Å². The lowest BCUT2D eigenvalue weighted by molar-refractivity contribution is -0.139. The number of hydrogen-bond donors (Lipinski definition) is 1. The van der Waals surface area contributed by atoms with Gasteiger partial charge in [-0.1, -0.05) is 89.4 Å². The van der Waals surface area contributed by atoms with Crippen molar-refractivity contribution in [3.05, 3.63) is 129 Å². The van der Waals surface area contributed by atoms with Crippen molar-refractivity contribution in [2.24, 2.45) is 0 Å². The smallest absolute Gasteiger partial charge is 0.264 e. The molecule has 0 saturated carbocycles. The molecule has 1 atom stereocenters. The fourth-order valence-electron chi connectivity index (χ4n) is 4.65. The third-order valence-corrected chi connectivity index (χ3v) is 9.68. The van der Waals surface area contributed by atoms with Gasteiger partial charge in [-0.2, -0.15) is 0 Å². The predicted molar refractivity (Wildman–Crippen MR) is 172 cm³/mol. The van der Waals surface area contributed by atoms with Crippen LogP contribution in [0.5, 0.6) is 0 Å². The molecule has 2 amide bonds. The number of halogens is 3. The fraction of sp³-hybridized carbons (Fsp3) is 0.188. The molecule has 0 unspecified atom stereocenters. The molecule has 0 aliphatic heterocycles. The van der Waals surface area contributed by atoms with Crippen LogP contribution in [-0.2, 0) is 32.6 Å². The van der Waals surface area contributed by atoms with Crippen LogP contribution in [0, 0.1) is 6.92 Å². The van der Waals surface area contributed by atoms with Gasteiger partial charge in [-0.05, 0) is 66.1 Å². The summed E-state index contributed by atoms with van der Waals surface area (Å²) in [6, 6.07) is 25.9. The van der Waals surface area contributed by atoms with Crippen molar-refractivity contribution in [3.8, 4) is 0 Å². The first kappa shape index (κ1) is 32.4. The standard InChI is InChI=1S/C32H30Cl3N3O4S/c1-22-8-6-7-11-29(22)38(43(41,42)26-15-13-25(33)14-16-26)21-31(39)37(20-24-12-17-27(34)28(35)18-24)30(32(40)36-2)19-23-9-4-3-5-10-23/h3-18,30H,19-21H2,1-2H3,(H,36,40)/t30-/m0/s1. The van der Waals surface area contributed by atoms with E-state index >= 15 is 0 Å². The third-order valence-electron chi connectivity index (χ3n) is 6.92. The molecule has 0 aromatic heterocycles. The zero-order chi connectivity index (χ0) is 31.1. The van der Waals surface area contributed by atoms with E-state index in [-0.39, 0.29) is 22.9 Å². The number of amides is 2. The van der Waals surface area contributed by atoms with Crippen LogP contribution >= 0.6 is 34.8 Å². The normalized spacial score (nSPS) is 11.9. The first-order chi connectivity index (χ1) is 20.5. The second kappa shape index (κ2) is 14.3. The lowest BCUT2D eigenvalue weighted by Crippen LogP contribution is -2.53. The van der Waals surface area contributed by atoms with Gasteiger partial charge in [-0.15, -0.1) is 0 Å². The Morgan fingerprint density at radius 3 is 2.09 bits per heavy atom. The van der Waals surface area contributed by atoms with Crippen molar-refractivity contribution in [2.75, 3.05) is 17.9 Å². The van der Waals surface area contributed by atoms with Crippen molar-refractivity contribution in [3.63, 3.8) is 0 Å². The Kier molecular flexibility index (Phi) is 10.7. The summed E-state index contributed by atoms with van der Waals surface area (Å²) in [7, 11) is -2.74. The maximum absolute atomic E-state index is 14.3. The van der Waals surface area contributed by atoms with Gasteiger partial charge in [0.2, 0.25) is 11.8 Å². The molecule has 0 radical (unpaired) electrons. The molecule has 0 heterocycles. The average Bonchev–Trinajstić information content (AvgIpc) is 3.00. The van der Waals surface area contributed by atoms with E-state index in [1.165, 1.54) is 36.2 Å². The minimum Gasteiger partial charge on any atom is -0.357 e. The van der Waals surface area contributed by atoms with Gasteiger partial charge < -0.3 is 10.2 Å². The van der Waals surface area contributed by atoms with E-state index in [4.69, 9.17) is 34.8 Å². The van der Waals surface area contributed by atoms with E-state index in [2.05, 4.69) is 5.32 Å². The highest BCUT2D eigenvalue weighted by molar-refractivity contribution is 7.92. The van der Waals surface area contributed by atoms with Gasteiger partial charge in [0.15, 0.2) is 0 Å². The number of rotatable bonds is 11. The molecule has 4 rings (SSSR count). The lowest BCUT2D eigenvalue weighted by atomic mass is 10.0. The highest BCUT2D eigenvalue weighted by Gasteiger charge is 2.34. The number of hydrogen-bond acceptors (Lipinski definition) is 4. The van der Waals surface area contributed by atoms with Crippen molar-refractivity contribution >= 4 is 62.3 Å². The van der Waals surface area contributed by atoms with Gasteiger partial charge >= 0.3 is 0 Å². The number of carbonyl (C=O) groups is 2. The summed E-state index contributed by atoms with van der Waals surface area (Å²) in [5, 5.41) is 3.67. The van der Waals surface area contributed by atoms with Crippen molar-refractivity contribution < 1.29 is 18.0 Å². The van der Waals surface area contributed by atoms with Crippen LogP contribution in [0.15, 0.2) is 102 Å². The van der Waals surface area contributed by atoms with E-state index in [0.29, 0.717) is 26.9 Å². The summed E-state index contributed by atoms with van der Waals surface area (Å²) in [6.07, 6.45) is 0.196. The molecule has 224 valence electrons. The van der Waals surface area contributed by atoms with Gasteiger partial charge in [0.25, 0.3) is 10.0 Å². The van der Waals surface area contributed by atoms with E-state index in [1.54, 1.807) is 49.4 Å². The first-order valence-electron chi connectivity index (χ1n) is 13.3. The molecule has 43 heavy (non-hydrogen) atoms. The molecule has 4 aromatic rings. The molecule has 0 aliphatic rings. The molecule has 4 aromatic carbocycles. The maximum atomic E-state index is 14.3. The SMILES string of the molecule is CNC(=O)[C@H](Cc1ccccc1)N(Cc1ccc(Cl)c(Cl)c1)C(=O)CN(c1ccccc1C)S(=O)(=O)c1ccc(Cl)cc1. The topological polar surface area (TPSA) is 86.8 Å². The molecule has 0 fully saturated rings. The largest absolute Gasteiger partial charge is 0.357 e. The molecule has 1 N–H and O–H groups in total. The third kappa shape index (κ3) is 7.89. The Labute approximate surface area is 267 Å². The molecule has 7 nitrogen and oxygen atoms in total. The minimum absolute atomic E-state index is 0.0246. The van der Waals surface area contributed by atoms with Crippen molar-refractivity contribution in [1.29, 1.82) is 0 Å². The van der Waals surface area contributed by atoms with Gasteiger partial charge in [0.05, 0.1) is 20.6 Å². The number of likely N-dealkylation sites (N-methyl/N-ethyl adjacent to an activating group) is 1. The van der Waals surface area contributed by atoms with Crippen LogP contribution in [0.3, 0.4) is 0 Å². The summed E-state index contributed by atoms with van der Waals surface area (Å²) >= 11 is 18.4. The monoisotopic (exact) mass is 657 g/mol. The van der Waals surface area contributed by atoms with Gasteiger partial charge in [0.1, 0.15) is 12.6 Å². The highest BCUT2D eigenvalue weighted by Crippen LogP contribution is 2.29. The molecular weight excluding hydrogens is 629 g/mol. The van der Waals surface area contributed by atoms with Gasteiger partial charge in [-0.3, -0.25) is 13.9 Å². The van der Waals surface area contributed by atoms with Crippen LogP contribution in [0.4, 0.5) is 5.69 Å². The van der Waals surface area contributed by atoms with Crippen molar-refractivity contribution in [2.45, 2.75) is 30.8 Å². The fourth-order valence-corrected chi connectivity index (χ4v) is 6.57. The Morgan fingerprint density at radius 1 is 0.814 bits per heavy atom. The Hall–Kier alpha value is -3.56. The number of aryl methyl sites for hydroxylation is 1. The number of nitrogens with zero attached hydrogens (tertiary/aromatic N) is 2. The number of benzene rings is 4. The first-order valence-corrected chi connectivity index (χ1v) is 15.9. The van der Waals surface area contributed by atoms with Crippen LogP contribution in [0.1, 0.15) is 16.7 Å². The molecule has 11 heteroatoms. The summed E-state index contributed by atoms with van der Waals surface area (Å²) < 4.78 is 29.2. The molecular formula is C32H30Cl3N3O4S. The average molecular weight is 659 g/mol. The number of sulfonamides is 1. The van der Waals surface area contributed by atoms with Crippen molar-refractivity contribution in [1.82, 2.24) is 10.2 Å². The number of nitrogens with one attached hydrogen (secondary N) is 1. The summed E-state index contributed by atoms with van der Waals surface area (Å²) in [5.41, 5.74) is 2.43. The highest BCUT2D eigenvalue weighted by atomic mass is 35.5. The second-order valence-corrected chi connectivity index (χ2v) is 13.0. The van der Waals surface area contributed by atoms with E-state index < -0.39 is 34.4 Å².